The van der Waals surface area contributed by atoms with Gasteiger partial charge < -0.3 is 19.5 Å². The van der Waals surface area contributed by atoms with Crippen LogP contribution in [0.15, 0.2) is 60.0 Å². The van der Waals surface area contributed by atoms with Gasteiger partial charge in [0, 0.05) is 28.2 Å². The summed E-state index contributed by atoms with van der Waals surface area (Å²) in [5.41, 5.74) is 1.20. The first-order valence-electron chi connectivity index (χ1n) is 13.1. The number of thiophene rings is 1. The minimum absolute atomic E-state index is 0.0811. The van der Waals surface area contributed by atoms with E-state index in [-0.39, 0.29) is 24.3 Å². The van der Waals surface area contributed by atoms with E-state index < -0.39 is 6.04 Å². The van der Waals surface area contributed by atoms with E-state index in [0.29, 0.717) is 35.1 Å². The number of carbonyl (C=O) groups is 2. The van der Waals surface area contributed by atoms with Gasteiger partial charge in [-0.25, -0.2) is 0 Å². The maximum Gasteiger partial charge on any atom is 0.248 e. The predicted octanol–water partition coefficient (Wildman–Crippen LogP) is 5.93. The molecule has 1 fully saturated rings. The zero-order valence-corrected chi connectivity index (χ0v) is 23.1. The number of nitrogens with one attached hydrogen (secondary N) is 1. The lowest BCUT2D eigenvalue weighted by molar-refractivity contribution is -0.127. The predicted molar refractivity (Wildman–Crippen MR) is 150 cm³/mol. The fourth-order valence-electron chi connectivity index (χ4n) is 4.92. The first kappa shape index (κ1) is 27.5. The molecule has 0 unspecified atom stereocenters. The third-order valence-electron chi connectivity index (χ3n) is 6.79. The standard InChI is InChI=1S/C30H36N2O5S/c1-4-37-23-14-12-22(13-15-23)32(28(33)20-25-11-8-18-38-25)29(30(34)31-21-9-6-5-7-10-21)26-17-16-24(35-2)19-27(26)36-3/h8,11-19,21,29H,4-7,9-10,20H2,1-3H3,(H,31,34)/t29-/m0/s1. The number of rotatable bonds is 11. The van der Waals surface area contributed by atoms with E-state index in [9.17, 15) is 9.59 Å². The number of anilines is 1. The van der Waals surface area contributed by atoms with Crippen LogP contribution in [-0.2, 0) is 16.0 Å². The molecule has 1 N–H and O–H groups in total. The lowest BCUT2D eigenvalue weighted by Crippen LogP contribution is -2.47. The van der Waals surface area contributed by atoms with Gasteiger partial charge in [-0.1, -0.05) is 25.3 Å². The Bertz CT molecular complexity index is 1190. The van der Waals surface area contributed by atoms with Crippen molar-refractivity contribution in [3.8, 4) is 17.2 Å². The average molecular weight is 537 g/mol. The minimum Gasteiger partial charge on any atom is -0.497 e. The van der Waals surface area contributed by atoms with Crippen molar-refractivity contribution in [2.75, 3.05) is 25.7 Å². The number of methoxy groups -OCH3 is 2. The Morgan fingerprint density at radius 1 is 1.00 bits per heavy atom. The van der Waals surface area contributed by atoms with Crippen LogP contribution in [0.2, 0.25) is 0 Å². The number of benzene rings is 2. The van der Waals surface area contributed by atoms with Crippen LogP contribution >= 0.6 is 11.3 Å². The maximum atomic E-state index is 14.1. The molecule has 4 rings (SSSR count). The molecule has 1 atom stereocenters. The van der Waals surface area contributed by atoms with Crippen molar-refractivity contribution in [1.82, 2.24) is 5.32 Å². The summed E-state index contributed by atoms with van der Waals surface area (Å²) >= 11 is 1.52. The van der Waals surface area contributed by atoms with E-state index in [1.165, 1.54) is 17.8 Å². The number of hydrogen-bond acceptors (Lipinski definition) is 6. The van der Waals surface area contributed by atoms with Crippen molar-refractivity contribution >= 4 is 28.8 Å². The van der Waals surface area contributed by atoms with E-state index in [0.717, 1.165) is 30.6 Å². The molecular formula is C30H36N2O5S. The van der Waals surface area contributed by atoms with Crippen LogP contribution in [-0.4, -0.2) is 38.7 Å². The summed E-state index contributed by atoms with van der Waals surface area (Å²) in [6.07, 6.45) is 5.40. The lowest BCUT2D eigenvalue weighted by Gasteiger charge is -2.34. The second-order valence-corrected chi connectivity index (χ2v) is 10.3. The minimum atomic E-state index is -0.941. The van der Waals surface area contributed by atoms with Crippen molar-refractivity contribution in [2.24, 2.45) is 0 Å². The largest absolute Gasteiger partial charge is 0.497 e. The van der Waals surface area contributed by atoms with Crippen LogP contribution in [0.25, 0.3) is 0 Å². The Morgan fingerprint density at radius 2 is 1.74 bits per heavy atom. The van der Waals surface area contributed by atoms with Crippen LogP contribution in [0.3, 0.4) is 0 Å². The Labute approximate surface area is 228 Å². The van der Waals surface area contributed by atoms with Gasteiger partial charge in [0.2, 0.25) is 11.8 Å². The normalized spacial score (nSPS) is 14.4. The van der Waals surface area contributed by atoms with Crippen molar-refractivity contribution in [3.05, 3.63) is 70.4 Å². The Hall–Kier alpha value is -3.52. The molecule has 2 aromatic carbocycles. The van der Waals surface area contributed by atoms with E-state index in [2.05, 4.69) is 5.32 Å². The fraction of sp³-hybridized carbons (Fsp3) is 0.400. The molecule has 1 aliphatic rings. The van der Waals surface area contributed by atoms with Gasteiger partial charge in [-0.2, -0.15) is 0 Å². The number of nitrogens with zero attached hydrogens (tertiary/aromatic N) is 1. The molecule has 0 spiro atoms. The molecular weight excluding hydrogens is 500 g/mol. The van der Waals surface area contributed by atoms with Gasteiger partial charge in [-0.3, -0.25) is 14.5 Å². The van der Waals surface area contributed by atoms with Gasteiger partial charge in [-0.05, 0) is 67.6 Å². The average Bonchev–Trinajstić information content (AvgIpc) is 3.45. The smallest absolute Gasteiger partial charge is 0.248 e. The van der Waals surface area contributed by atoms with Gasteiger partial charge >= 0.3 is 0 Å². The van der Waals surface area contributed by atoms with Gasteiger partial charge in [0.15, 0.2) is 0 Å². The summed E-state index contributed by atoms with van der Waals surface area (Å²) in [5.74, 6) is 1.38. The topological polar surface area (TPSA) is 77.1 Å². The highest BCUT2D eigenvalue weighted by molar-refractivity contribution is 7.10. The molecule has 202 valence electrons. The van der Waals surface area contributed by atoms with Gasteiger partial charge in [-0.15, -0.1) is 11.3 Å². The fourth-order valence-corrected chi connectivity index (χ4v) is 5.62. The highest BCUT2D eigenvalue weighted by Crippen LogP contribution is 2.37. The van der Waals surface area contributed by atoms with Gasteiger partial charge in [0.1, 0.15) is 23.3 Å². The van der Waals surface area contributed by atoms with Crippen LogP contribution in [0.5, 0.6) is 17.2 Å². The van der Waals surface area contributed by atoms with Gasteiger partial charge in [0.25, 0.3) is 0 Å². The molecule has 1 aliphatic carbocycles. The van der Waals surface area contributed by atoms with E-state index in [1.54, 1.807) is 31.3 Å². The molecule has 1 saturated carbocycles. The number of carbonyl (C=O) groups excluding carboxylic acids is 2. The van der Waals surface area contributed by atoms with Crippen molar-refractivity contribution in [1.29, 1.82) is 0 Å². The summed E-state index contributed by atoms with van der Waals surface area (Å²) in [4.78, 5) is 30.6. The second kappa shape index (κ2) is 13.3. The summed E-state index contributed by atoms with van der Waals surface area (Å²) in [5, 5.41) is 5.20. The molecule has 0 radical (unpaired) electrons. The zero-order chi connectivity index (χ0) is 26.9. The molecule has 8 heteroatoms. The summed E-state index contributed by atoms with van der Waals surface area (Å²) in [7, 11) is 3.14. The molecule has 1 heterocycles. The zero-order valence-electron chi connectivity index (χ0n) is 22.3. The third-order valence-corrected chi connectivity index (χ3v) is 7.67. The molecule has 0 aliphatic heterocycles. The van der Waals surface area contributed by atoms with Crippen LogP contribution < -0.4 is 24.4 Å². The lowest BCUT2D eigenvalue weighted by atomic mass is 9.94. The summed E-state index contributed by atoms with van der Waals surface area (Å²) in [6.45, 7) is 2.46. The quantitative estimate of drug-likeness (QED) is 0.329. The summed E-state index contributed by atoms with van der Waals surface area (Å²) in [6, 6.07) is 15.6. The third kappa shape index (κ3) is 6.67. The number of hydrogen-bond donors (Lipinski definition) is 1. The highest BCUT2D eigenvalue weighted by atomic mass is 32.1. The molecule has 1 aromatic heterocycles. The highest BCUT2D eigenvalue weighted by Gasteiger charge is 2.36. The van der Waals surface area contributed by atoms with Crippen LogP contribution in [0.1, 0.15) is 55.5 Å². The molecule has 0 saturated heterocycles. The van der Waals surface area contributed by atoms with E-state index >= 15 is 0 Å². The SMILES string of the molecule is CCOc1ccc(N(C(=O)Cc2cccs2)[C@H](C(=O)NC2CCCCC2)c2ccc(OC)cc2OC)cc1. The molecule has 2 amide bonds. The van der Waals surface area contributed by atoms with Gasteiger partial charge in [0.05, 0.1) is 27.2 Å². The van der Waals surface area contributed by atoms with Crippen molar-refractivity contribution < 1.29 is 23.8 Å². The van der Waals surface area contributed by atoms with E-state index in [4.69, 9.17) is 14.2 Å². The molecule has 3 aromatic rings. The molecule has 38 heavy (non-hydrogen) atoms. The summed E-state index contributed by atoms with van der Waals surface area (Å²) < 4.78 is 16.7. The van der Waals surface area contributed by atoms with Crippen molar-refractivity contribution in [2.45, 2.75) is 57.5 Å². The van der Waals surface area contributed by atoms with Crippen LogP contribution in [0.4, 0.5) is 5.69 Å². The molecule has 0 bridgehead atoms. The monoisotopic (exact) mass is 536 g/mol. The number of ether oxygens (including phenoxy) is 3. The Balaban J connectivity index is 1.80. The Morgan fingerprint density at radius 3 is 2.37 bits per heavy atom. The van der Waals surface area contributed by atoms with E-state index in [1.807, 2.05) is 54.8 Å². The first-order valence-corrected chi connectivity index (χ1v) is 14.0. The van der Waals surface area contributed by atoms with Crippen LogP contribution in [0, 0.1) is 0 Å². The second-order valence-electron chi connectivity index (χ2n) is 9.30. The first-order chi connectivity index (χ1) is 18.5. The van der Waals surface area contributed by atoms with Crippen molar-refractivity contribution in [3.63, 3.8) is 0 Å². The maximum absolute atomic E-state index is 14.1. The Kier molecular flexibility index (Phi) is 9.65. The molecule has 7 nitrogen and oxygen atoms in total. The number of amides is 2.